The second kappa shape index (κ2) is 6.15. The first kappa shape index (κ1) is 17.2. The van der Waals surface area contributed by atoms with Crippen molar-refractivity contribution in [3.8, 4) is 17.0 Å². The number of halogens is 3. The minimum Gasteiger partial charge on any atom is -0.497 e. The number of benzene rings is 1. The van der Waals surface area contributed by atoms with Crippen molar-refractivity contribution < 1.29 is 26.3 Å². The van der Waals surface area contributed by atoms with Crippen molar-refractivity contribution in [2.24, 2.45) is 0 Å². The first-order valence-electron chi connectivity index (χ1n) is 6.51. The van der Waals surface area contributed by atoms with Gasteiger partial charge in [0.15, 0.2) is 0 Å². The highest BCUT2D eigenvalue weighted by Crippen LogP contribution is 2.31. The van der Waals surface area contributed by atoms with E-state index in [0.29, 0.717) is 17.4 Å². The van der Waals surface area contributed by atoms with E-state index in [-0.39, 0.29) is 5.69 Å². The molecule has 0 spiro atoms. The lowest BCUT2D eigenvalue weighted by molar-refractivity contribution is -0.141. The van der Waals surface area contributed by atoms with Crippen molar-refractivity contribution in [2.75, 3.05) is 12.9 Å². The second-order valence-electron chi connectivity index (χ2n) is 4.55. The van der Waals surface area contributed by atoms with Crippen molar-refractivity contribution in [3.63, 3.8) is 0 Å². The molecule has 1 aromatic heterocycles. The summed E-state index contributed by atoms with van der Waals surface area (Å²) in [5.41, 5.74) is -1.15. The molecule has 124 valence electrons. The Balaban J connectivity index is 2.70. The lowest BCUT2D eigenvalue weighted by Gasteiger charge is -2.11. The molecule has 0 atom stereocenters. The predicted octanol–water partition coefficient (Wildman–Crippen LogP) is 2.96. The zero-order valence-electron chi connectivity index (χ0n) is 12.3. The van der Waals surface area contributed by atoms with Gasteiger partial charge in [-0.3, -0.25) is 0 Å². The molecule has 0 fully saturated rings. The summed E-state index contributed by atoms with van der Waals surface area (Å²) in [5, 5.41) is -0.840. The summed E-state index contributed by atoms with van der Waals surface area (Å²) in [6, 6.07) is 6.86. The molecule has 0 bridgehead atoms. The topological polar surface area (TPSA) is 69.2 Å². The van der Waals surface area contributed by atoms with Gasteiger partial charge in [-0.2, -0.15) is 13.2 Å². The van der Waals surface area contributed by atoms with E-state index in [2.05, 4.69) is 9.97 Å². The normalized spacial score (nSPS) is 12.2. The Hall–Kier alpha value is -2.16. The van der Waals surface area contributed by atoms with Crippen molar-refractivity contribution in [1.82, 2.24) is 9.97 Å². The van der Waals surface area contributed by atoms with Gasteiger partial charge in [-0.1, -0.05) is 19.1 Å². The van der Waals surface area contributed by atoms with Crippen LogP contribution in [0.25, 0.3) is 11.3 Å². The van der Waals surface area contributed by atoms with Gasteiger partial charge >= 0.3 is 6.18 Å². The number of ether oxygens (including phenoxy) is 1. The van der Waals surface area contributed by atoms with E-state index in [0.717, 1.165) is 0 Å². The van der Waals surface area contributed by atoms with Crippen LogP contribution in [0.4, 0.5) is 13.2 Å². The Kier molecular flexibility index (Phi) is 4.60. The smallest absolute Gasteiger partial charge is 0.433 e. The summed E-state index contributed by atoms with van der Waals surface area (Å²) in [5.74, 6) is 0.0147. The molecule has 0 saturated heterocycles. The van der Waals surface area contributed by atoms with Crippen LogP contribution in [0.5, 0.6) is 5.75 Å². The molecule has 0 aliphatic heterocycles. The molecule has 2 rings (SSSR count). The van der Waals surface area contributed by atoms with E-state index in [1.54, 1.807) is 12.1 Å². The van der Waals surface area contributed by atoms with Crippen molar-refractivity contribution >= 4 is 9.84 Å². The van der Waals surface area contributed by atoms with Crippen LogP contribution in [-0.4, -0.2) is 31.2 Å². The lowest BCUT2D eigenvalue weighted by Crippen LogP contribution is -2.15. The third-order valence-electron chi connectivity index (χ3n) is 3.02. The van der Waals surface area contributed by atoms with Gasteiger partial charge in [0.25, 0.3) is 0 Å². The summed E-state index contributed by atoms with van der Waals surface area (Å²) >= 11 is 0. The Morgan fingerprint density at radius 2 is 1.87 bits per heavy atom. The first-order valence-corrected chi connectivity index (χ1v) is 8.16. The van der Waals surface area contributed by atoms with Crippen LogP contribution in [0, 0.1) is 0 Å². The number of methoxy groups -OCH3 is 1. The molecule has 1 aromatic carbocycles. The summed E-state index contributed by atoms with van der Waals surface area (Å²) in [6.07, 6.45) is -4.78. The van der Waals surface area contributed by atoms with Crippen molar-refractivity contribution in [2.45, 2.75) is 18.3 Å². The van der Waals surface area contributed by atoms with Gasteiger partial charge in [-0.05, 0) is 18.2 Å². The maximum absolute atomic E-state index is 13.0. The quantitative estimate of drug-likeness (QED) is 0.796. The Labute approximate surface area is 131 Å². The van der Waals surface area contributed by atoms with Gasteiger partial charge < -0.3 is 4.74 Å². The number of aromatic nitrogens is 2. The van der Waals surface area contributed by atoms with Crippen LogP contribution in [0.3, 0.4) is 0 Å². The lowest BCUT2D eigenvalue weighted by atomic mass is 10.1. The van der Waals surface area contributed by atoms with Gasteiger partial charge in [0.2, 0.25) is 15.0 Å². The second-order valence-corrected chi connectivity index (χ2v) is 6.73. The third-order valence-corrected chi connectivity index (χ3v) is 4.52. The van der Waals surface area contributed by atoms with Crippen LogP contribution < -0.4 is 4.74 Å². The Morgan fingerprint density at radius 1 is 1.17 bits per heavy atom. The van der Waals surface area contributed by atoms with E-state index in [9.17, 15) is 21.6 Å². The van der Waals surface area contributed by atoms with E-state index >= 15 is 0 Å². The highest BCUT2D eigenvalue weighted by molar-refractivity contribution is 7.91. The molecule has 0 aliphatic carbocycles. The van der Waals surface area contributed by atoms with Gasteiger partial charge in [0.1, 0.15) is 11.4 Å². The zero-order valence-corrected chi connectivity index (χ0v) is 13.1. The van der Waals surface area contributed by atoms with Gasteiger partial charge in [0, 0.05) is 5.56 Å². The molecule has 0 aliphatic rings. The molecule has 0 N–H and O–H groups in total. The molecular weight excluding hydrogens is 333 g/mol. The van der Waals surface area contributed by atoms with E-state index < -0.39 is 32.6 Å². The molecule has 0 saturated carbocycles. The van der Waals surface area contributed by atoms with Crippen LogP contribution in [0.2, 0.25) is 0 Å². The third kappa shape index (κ3) is 3.79. The highest BCUT2D eigenvalue weighted by Gasteiger charge is 2.35. The minimum absolute atomic E-state index is 0.141. The molecule has 0 radical (unpaired) electrons. The summed E-state index contributed by atoms with van der Waals surface area (Å²) in [4.78, 5) is 6.94. The van der Waals surface area contributed by atoms with E-state index in [1.165, 1.54) is 26.2 Å². The van der Waals surface area contributed by atoms with Gasteiger partial charge in [-0.25, -0.2) is 18.4 Å². The summed E-state index contributed by atoms with van der Waals surface area (Å²) in [6.45, 7) is 1.31. The number of nitrogens with zero attached hydrogens (tertiary/aromatic N) is 2. The van der Waals surface area contributed by atoms with E-state index in [4.69, 9.17) is 4.74 Å². The number of hydrogen-bond acceptors (Lipinski definition) is 5. The average Bonchev–Trinajstić information content (AvgIpc) is 2.53. The molecule has 1 heterocycles. The number of sulfone groups is 1. The van der Waals surface area contributed by atoms with Gasteiger partial charge in [0.05, 0.1) is 18.6 Å². The molecule has 0 amide bonds. The van der Waals surface area contributed by atoms with Gasteiger partial charge in [-0.15, -0.1) is 0 Å². The fraction of sp³-hybridized carbons (Fsp3) is 0.286. The molecule has 0 unspecified atom stereocenters. The number of hydrogen-bond donors (Lipinski definition) is 0. The van der Waals surface area contributed by atoms with Crippen LogP contribution in [0.1, 0.15) is 12.6 Å². The fourth-order valence-corrected chi connectivity index (χ4v) is 2.50. The van der Waals surface area contributed by atoms with Crippen LogP contribution in [-0.2, 0) is 16.0 Å². The molecule has 9 heteroatoms. The van der Waals surface area contributed by atoms with Crippen molar-refractivity contribution in [3.05, 3.63) is 36.0 Å². The predicted molar refractivity (Wildman–Crippen MR) is 76.7 cm³/mol. The van der Waals surface area contributed by atoms with Crippen LogP contribution >= 0.6 is 0 Å². The molecule has 2 aromatic rings. The zero-order chi connectivity index (χ0) is 17.3. The SMILES string of the molecule is CCS(=O)(=O)c1nc(-c2cccc(OC)c2)cc(C(F)(F)F)n1. The largest absolute Gasteiger partial charge is 0.497 e. The maximum Gasteiger partial charge on any atom is 0.433 e. The summed E-state index contributed by atoms with van der Waals surface area (Å²) < 4.78 is 67.7. The van der Waals surface area contributed by atoms with Crippen LogP contribution in [0.15, 0.2) is 35.5 Å². The van der Waals surface area contributed by atoms with Crippen molar-refractivity contribution in [1.29, 1.82) is 0 Å². The maximum atomic E-state index is 13.0. The summed E-state index contributed by atoms with van der Waals surface area (Å²) in [7, 11) is -2.57. The molecule has 5 nitrogen and oxygen atoms in total. The highest BCUT2D eigenvalue weighted by atomic mass is 32.2. The monoisotopic (exact) mass is 346 g/mol. The average molecular weight is 346 g/mol. The van der Waals surface area contributed by atoms with E-state index in [1.807, 2.05) is 0 Å². The standard InChI is InChI=1S/C14H13F3N2O3S/c1-3-23(20,21)13-18-11(8-12(19-13)14(15,16)17)9-5-4-6-10(7-9)22-2/h4-8H,3H2,1-2H3. The number of alkyl halides is 3. The Morgan fingerprint density at radius 3 is 2.43 bits per heavy atom. The first-order chi connectivity index (χ1) is 10.7. The Bertz CT molecular complexity index is 820. The minimum atomic E-state index is -4.78. The fourth-order valence-electron chi connectivity index (χ4n) is 1.77. The molecule has 23 heavy (non-hydrogen) atoms. The molecular formula is C14H13F3N2O3S. The number of rotatable bonds is 4.